The van der Waals surface area contributed by atoms with Crippen molar-refractivity contribution in [1.29, 1.82) is 0 Å². The Morgan fingerprint density at radius 3 is 1.88 bits per heavy atom. The summed E-state index contributed by atoms with van der Waals surface area (Å²) in [4.78, 5) is 0. The fraction of sp³-hybridized carbons (Fsp3) is 1.00. The van der Waals surface area contributed by atoms with Gasteiger partial charge in [-0.15, -0.1) is 0 Å². The van der Waals surface area contributed by atoms with Crippen LogP contribution in [0.4, 0.5) is 0 Å². The molecule has 0 aliphatic carbocycles. The second-order valence-electron chi connectivity index (χ2n) is 2.39. The van der Waals surface area contributed by atoms with Crippen LogP contribution in [0.2, 0.25) is 0 Å². The van der Waals surface area contributed by atoms with Gasteiger partial charge in [-0.25, -0.2) is 4.21 Å². The van der Waals surface area contributed by atoms with Gasteiger partial charge >= 0.3 is 0 Å². The van der Waals surface area contributed by atoms with Gasteiger partial charge in [0.15, 0.2) is 0 Å². The average Bonchev–Trinajstić information content (AvgIpc) is 1.21. The van der Waals surface area contributed by atoms with E-state index in [-0.39, 0.29) is 0 Å². The molecule has 0 saturated carbocycles. The average molecular weight is 157 g/mol. The van der Waals surface area contributed by atoms with E-state index in [9.17, 15) is 4.21 Å². The van der Waals surface area contributed by atoms with Crippen LogP contribution in [0.25, 0.3) is 0 Å². The van der Waals surface area contributed by atoms with E-state index in [0.717, 1.165) is 0 Å². The van der Waals surface area contributed by atoms with Crippen LogP contribution in [0.5, 0.6) is 0 Å². The summed E-state index contributed by atoms with van der Waals surface area (Å²) in [5.41, 5.74) is -0.410. The summed E-state index contributed by atoms with van der Waals surface area (Å²) < 4.78 is 14.8. The predicted octanol–water partition coefficient (Wildman–Crippen LogP) is 1.62. The van der Waals surface area contributed by atoms with Crippen molar-refractivity contribution in [2.45, 2.75) is 26.4 Å². The minimum absolute atomic E-state index is 0.410. The van der Waals surface area contributed by atoms with Crippen molar-refractivity contribution < 1.29 is 8.39 Å². The molecule has 50 valence electrons. The molecule has 0 rings (SSSR count). The highest BCUT2D eigenvalue weighted by Crippen LogP contribution is 2.10. The van der Waals surface area contributed by atoms with Crippen molar-refractivity contribution >= 4 is 21.0 Å². The van der Waals surface area contributed by atoms with E-state index in [2.05, 4.69) is 4.18 Å². The molecule has 0 fully saturated rings. The number of hydrogen-bond acceptors (Lipinski definition) is 2. The first-order valence-electron chi connectivity index (χ1n) is 2.19. The van der Waals surface area contributed by atoms with Crippen molar-refractivity contribution in [3.8, 4) is 0 Å². The molecule has 8 heavy (non-hydrogen) atoms. The summed E-state index contributed by atoms with van der Waals surface area (Å²) in [6, 6.07) is 0. The zero-order chi connectivity index (χ0) is 6.78. The van der Waals surface area contributed by atoms with Crippen LogP contribution in [-0.4, -0.2) is 9.81 Å². The lowest BCUT2D eigenvalue weighted by molar-refractivity contribution is 0.156. The smallest absolute Gasteiger partial charge is 0.256 e. The maximum atomic E-state index is 10.1. The van der Waals surface area contributed by atoms with E-state index in [4.69, 9.17) is 10.7 Å². The lowest BCUT2D eigenvalue weighted by atomic mass is 10.2. The SMILES string of the molecule is CC(C)(C)OS(=O)Cl. The predicted molar refractivity (Wildman–Crippen MR) is 34.8 cm³/mol. The van der Waals surface area contributed by atoms with Crippen LogP contribution in [-0.2, 0) is 14.5 Å². The van der Waals surface area contributed by atoms with Gasteiger partial charge in [-0.2, -0.15) is 0 Å². The van der Waals surface area contributed by atoms with Crippen molar-refractivity contribution in [2.75, 3.05) is 0 Å². The zero-order valence-electron chi connectivity index (χ0n) is 5.10. The third-order valence-electron chi connectivity index (χ3n) is 0.316. The molecule has 4 heteroatoms. The van der Waals surface area contributed by atoms with Crippen LogP contribution >= 0.6 is 10.7 Å². The monoisotopic (exact) mass is 156 g/mol. The van der Waals surface area contributed by atoms with Gasteiger partial charge in [-0.1, -0.05) is 0 Å². The van der Waals surface area contributed by atoms with Crippen LogP contribution in [0.1, 0.15) is 20.8 Å². The fourth-order valence-electron chi connectivity index (χ4n) is 0.197. The topological polar surface area (TPSA) is 26.3 Å². The summed E-state index contributed by atoms with van der Waals surface area (Å²) in [6.07, 6.45) is 0. The Bertz CT molecular complexity index is 96.7. The zero-order valence-corrected chi connectivity index (χ0v) is 6.68. The Balaban J connectivity index is 3.55. The highest BCUT2D eigenvalue weighted by atomic mass is 35.7. The van der Waals surface area contributed by atoms with E-state index in [1.54, 1.807) is 20.8 Å². The van der Waals surface area contributed by atoms with Gasteiger partial charge in [0.2, 0.25) is 0 Å². The fourth-order valence-corrected chi connectivity index (χ4v) is 1.16. The van der Waals surface area contributed by atoms with Gasteiger partial charge in [0.1, 0.15) is 0 Å². The summed E-state index contributed by atoms with van der Waals surface area (Å²) in [5, 5.41) is 0. The Morgan fingerprint density at radius 1 is 1.50 bits per heavy atom. The quantitative estimate of drug-likeness (QED) is 0.540. The largest absolute Gasteiger partial charge is 0.272 e. The second-order valence-corrected chi connectivity index (χ2v) is 3.70. The van der Waals surface area contributed by atoms with E-state index in [1.807, 2.05) is 0 Å². The van der Waals surface area contributed by atoms with Crippen molar-refractivity contribution in [3.63, 3.8) is 0 Å². The molecule has 0 radical (unpaired) electrons. The maximum Gasteiger partial charge on any atom is 0.256 e. The summed E-state index contributed by atoms with van der Waals surface area (Å²) in [7, 11) is 3.35. The lowest BCUT2D eigenvalue weighted by Crippen LogP contribution is -2.18. The molecule has 0 spiro atoms. The van der Waals surface area contributed by atoms with E-state index < -0.39 is 15.9 Å². The minimum Gasteiger partial charge on any atom is -0.272 e. The van der Waals surface area contributed by atoms with Crippen LogP contribution in [0.3, 0.4) is 0 Å². The molecule has 0 N–H and O–H groups in total. The first-order valence-corrected chi connectivity index (χ1v) is 4.09. The van der Waals surface area contributed by atoms with Crippen LogP contribution in [0.15, 0.2) is 0 Å². The molecular formula is C4H9ClO2S. The Morgan fingerprint density at radius 2 is 1.88 bits per heavy atom. The third-order valence-corrected chi connectivity index (χ3v) is 1.14. The van der Waals surface area contributed by atoms with Gasteiger partial charge in [-0.3, -0.25) is 4.18 Å². The van der Waals surface area contributed by atoms with Gasteiger partial charge < -0.3 is 0 Å². The Hall–Kier alpha value is 0.400. The number of hydrogen-bond donors (Lipinski definition) is 0. The van der Waals surface area contributed by atoms with Crippen molar-refractivity contribution in [2.24, 2.45) is 0 Å². The molecule has 0 aromatic carbocycles. The molecule has 1 atom stereocenters. The minimum atomic E-state index is -1.66. The summed E-state index contributed by atoms with van der Waals surface area (Å²) in [5.74, 6) is 0. The molecule has 0 aromatic heterocycles. The molecule has 1 unspecified atom stereocenters. The third kappa shape index (κ3) is 6.40. The molecule has 0 aromatic rings. The number of halogens is 1. The lowest BCUT2D eigenvalue weighted by Gasteiger charge is -2.14. The number of rotatable bonds is 1. The molecule has 0 bridgehead atoms. The van der Waals surface area contributed by atoms with E-state index in [0.29, 0.717) is 0 Å². The standard InChI is InChI=1S/C4H9ClO2S/c1-4(2,3)7-8(5)6/h1-3H3. The van der Waals surface area contributed by atoms with Gasteiger partial charge in [0.25, 0.3) is 10.3 Å². The molecule has 2 nitrogen and oxygen atoms in total. The second kappa shape index (κ2) is 2.80. The molecule has 0 saturated heterocycles. The summed E-state index contributed by atoms with van der Waals surface area (Å²) >= 11 is 0. The van der Waals surface area contributed by atoms with Gasteiger partial charge in [-0.05, 0) is 20.8 Å². The molecule has 0 aliphatic heterocycles. The van der Waals surface area contributed by atoms with E-state index >= 15 is 0 Å². The van der Waals surface area contributed by atoms with Crippen molar-refractivity contribution in [1.82, 2.24) is 0 Å². The highest BCUT2D eigenvalue weighted by Gasteiger charge is 2.12. The Kier molecular flexibility index (Phi) is 2.94. The van der Waals surface area contributed by atoms with Gasteiger partial charge in [0.05, 0.1) is 5.60 Å². The summed E-state index contributed by atoms with van der Waals surface area (Å²) in [6.45, 7) is 5.36. The highest BCUT2D eigenvalue weighted by molar-refractivity contribution is 8.04. The Labute approximate surface area is 56.3 Å². The van der Waals surface area contributed by atoms with Gasteiger partial charge in [0, 0.05) is 10.7 Å². The van der Waals surface area contributed by atoms with Crippen LogP contribution < -0.4 is 0 Å². The molecular weight excluding hydrogens is 148 g/mol. The van der Waals surface area contributed by atoms with Crippen LogP contribution in [0, 0.1) is 0 Å². The van der Waals surface area contributed by atoms with E-state index in [1.165, 1.54) is 0 Å². The molecule has 0 aliphatic rings. The van der Waals surface area contributed by atoms with Crippen molar-refractivity contribution in [3.05, 3.63) is 0 Å². The molecule has 0 heterocycles. The first kappa shape index (κ1) is 8.40. The molecule has 0 amide bonds. The first-order chi connectivity index (χ1) is 3.42. The normalized spacial score (nSPS) is 16.0. The maximum absolute atomic E-state index is 10.1.